The van der Waals surface area contributed by atoms with Crippen molar-refractivity contribution in [1.82, 2.24) is 14.5 Å². The van der Waals surface area contributed by atoms with E-state index in [1.807, 2.05) is 47.2 Å². The molecular formula is C19H14BrN3O. The van der Waals surface area contributed by atoms with E-state index in [9.17, 15) is 0 Å². The van der Waals surface area contributed by atoms with Gasteiger partial charge in [-0.25, -0.2) is 9.97 Å². The summed E-state index contributed by atoms with van der Waals surface area (Å²) in [5, 5.41) is 1.06. The van der Waals surface area contributed by atoms with Gasteiger partial charge < -0.3 is 9.30 Å². The van der Waals surface area contributed by atoms with Gasteiger partial charge in [-0.05, 0) is 36.4 Å². The van der Waals surface area contributed by atoms with Crippen LogP contribution in [0.5, 0.6) is 5.75 Å². The summed E-state index contributed by atoms with van der Waals surface area (Å²) in [4.78, 5) is 9.01. The van der Waals surface area contributed by atoms with E-state index in [2.05, 4.69) is 33.0 Å². The second-order valence-corrected chi connectivity index (χ2v) is 6.27. The van der Waals surface area contributed by atoms with E-state index in [1.165, 1.54) is 0 Å². The quantitative estimate of drug-likeness (QED) is 0.510. The fourth-order valence-electron chi connectivity index (χ4n) is 2.79. The highest BCUT2D eigenvalue weighted by Crippen LogP contribution is 2.33. The fourth-order valence-corrected chi connectivity index (χ4v) is 3.14. The molecule has 0 N–H and O–H groups in total. The second kappa shape index (κ2) is 6.09. The molecule has 2 aromatic carbocycles. The minimum atomic E-state index is 0.802. The van der Waals surface area contributed by atoms with Gasteiger partial charge in [0.25, 0.3) is 0 Å². The van der Waals surface area contributed by atoms with Gasteiger partial charge in [-0.2, -0.15) is 0 Å². The van der Waals surface area contributed by atoms with E-state index in [0.717, 1.165) is 38.1 Å². The van der Waals surface area contributed by atoms with Crippen molar-refractivity contribution in [1.29, 1.82) is 0 Å². The number of ether oxygens (including phenoxy) is 1. The van der Waals surface area contributed by atoms with Gasteiger partial charge >= 0.3 is 0 Å². The molecule has 118 valence electrons. The Morgan fingerprint density at radius 1 is 1.08 bits per heavy atom. The maximum absolute atomic E-state index is 5.50. The molecule has 0 saturated carbocycles. The zero-order valence-corrected chi connectivity index (χ0v) is 14.6. The highest BCUT2D eigenvalue weighted by molar-refractivity contribution is 9.10. The first-order valence-electron chi connectivity index (χ1n) is 7.48. The normalized spacial score (nSPS) is 10.9. The molecule has 0 unspecified atom stereocenters. The third kappa shape index (κ3) is 2.57. The molecule has 0 saturated heterocycles. The summed E-state index contributed by atoms with van der Waals surface area (Å²) in [5.41, 5.74) is 3.77. The molecule has 0 spiro atoms. The third-order valence-electron chi connectivity index (χ3n) is 3.92. The molecule has 0 atom stereocenters. The predicted molar refractivity (Wildman–Crippen MR) is 98.6 cm³/mol. The van der Waals surface area contributed by atoms with Gasteiger partial charge in [0.2, 0.25) is 0 Å². The number of imidazole rings is 1. The number of pyridine rings is 1. The molecule has 0 bridgehead atoms. The lowest BCUT2D eigenvalue weighted by atomic mass is 10.1. The van der Waals surface area contributed by atoms with Crippen molar-refractivity contribution in [3.8, 4) is 22.7 Å². The van der Waals surface area contributed by atoms with Crippen LogP contribution in [0.15, 0.2) is 71.7 Å². The first-order chi connectivity index (χ1) is 11.8. The van der Waals surface area contributed by atoms with Gasteiger partial charge in [-0.3, -0.25) is 0 Å². The topological polar surface area (TPSA) is 39.9 Å². The average Bonchev–Trinajstić information content (AvgIpc) is 3.15. The molecule has 0 amide bonds. The number of fused-ring (bicyclic) bond motifs is 1. The van der Waals surface area contributed by atoms with Crippen LogP contribution in [0, 0.1) is 0 Å². The average molecular weight is 380 g/mol. The Morgan fingerprint density at radius 3 is 2.75 bits per heavy atom. The number of para-hydroxylation sites is 1. The van der Waals surface area contributed by atoms with E-state index in [1.54, 1.807) is 19.6 Å². The van der Waals surface area contributed by atoms with Crippen LogP contribution >= 0.6 is 15.9 Å². The summed E-state index contributed by atoms with van der Waals surface area (Å²) < 4.78 is 8.49. The number of aromatic nitrogens is 3. The Bertz CT molecular complexity index is 1010. The molecule has 4 aromatic rings. The van der Waals surface area contributed by atoms with Crippen LogP contribution in [0.4, 0.5) is 0 Å². The first kappa shape index (κ1) is 14.9. The monoisotopic (exact) mass is 379 g/mol. The Morgan fingerprint density at radius 2 is 1.96 bits per heavy atom. The Hall–Kier alpha value is -2.66. The first-order valence-corrected chi connectivity index (χ1v) is 8.27. The van der Waals surface area contributed by atoms with Crippen LogP contribution in [0.1, 0.15) is 0 Å². The van der Waals surface area contributed by atoms with Gasteiger partial charge in [0.15, 0.2) is 0 Å². The minimum absolute atomic E-state index is 0.802. The molecule has 4 rings (SSSR count). The summed E-state index contributed by atoms with van der Waals surface area (Å²) in [7, 11) is 1.67. The van der Waals surface area contributed by atoms with E-state index in [4.69, 9.17) is 9.72 Å². The number of nitrogens with zero attached hydrogens (tertiary/aromatic N) is 3. The minimum Gasteiger partial charge on any atom is -0.496 e. The molecule has 2 heterocycles. The number of hydrogen-bond donors (Lipinski definition) is 0. The summed E-state index contributed by atoms with van der Waals surface area (Å²) in [5.74, 6) is 0.802. The van der Waals surface area contributed by atoms with Crippen molar-refractivity contribution in [2.45, 2.75) is 0 Å². The summed E-state index contributed by atoms with van der Waals surface area (Å²) in [6.07, 6.45) is 5.50. The van der Waals surface area contributed by atoms with Crippen molar-refractivity contribution in [2.75, 3.05) is 7.11 Å². The van der Waals surface area contributed by atoms with Gasteiger partial charge in [0, 0.05) is 27.8 Å². The van der Waals surface area contributed by atoms with Crippen molar-refractivity contribution in [3.05, 3.63) is 71.7 Å². The summed E-state index contributed by atoms with van der Waals surface area (Å²) >= 11 is 3.53. The van der Waals surface area contributed by atoms with Crippen molar-refractivity contribution >= 4 is 26.8 Å². The second-order valence-electron chi connectivity index (χ2n) is 5.36. The number of methoxy groups -OCH3 is 1. The molecule has 0 aliphatic heterocycles. The zero-order chi connectivity index (χ0) is 16.5. The molecule has 0 fully saturated rings. The molecule has 0 aliphatic rings. The van der Waals surface area contributed by atoms with Crippen molar-refractivity contribution in [3.63, 3.8) is 0 Å². The van der Waals surface area contributed by atoms with E-state index >= 15 is 0 Å². The van der Waals surface area contributed by atoms with Gasteiger partial charge in [0.05, 0.1) is 30.3 Å². The molecule has 5 heteroatoms. The molecular weight excluding hydrogens is 366 g/mol. The number of benzene rings is 2. The number of halogens is 1. The highest BCUT2D eigenvalue weighted by atomic mass is 79.9. The standard InChI is InChI=1S/C19H14BrN3O/c1-24-19-5-3-2-4-15(19)17-11-18(23-9-8-21-12-23)14-7-6-13(20)10-16(14)22-17/h2-12H,1H3. The van der Waals surface area contributed by atoms with Gasteiger partial charge in [-0.15, -0.1) is 0 Å². The molecule has 4 nitrogen and oxygen atoms in total. The van der Waals surface area contributed by atoms with E-state index in [-0.39, 0.29) is 0 Å². The molecule has 0 aliphatic carbocycles. The fraction of sp³-hybridized carbons (Fsp3) is 0.0526. The predicted octanol–water partition coefficient (Wildman–Crippen LogP) is 4.86. The van der Waals surface area contributed by atoms with Gasteiger partial charge in [0.1, 0.15) is 5.75 Å². The van der Waals surface area contributed by atoms with E-state index in [0.29, 0.717) is 0 Å². The van der Waals surface area contributed by atoms with E-state index < -0.39 is 0 Å². The lowest BCUT2D eigenvalue weighted by molar-refractivity contribution is 0.416. The zero-order valence-electron chi connectivity index (χ0n) is 13.0. The molecule has 0 radical (unpaired) electrons. The summed E-state index contributed by atoms with van der Waals surface area (Å²) in [6, 6.07) is 16.1. The Kier molecular flexibility index (Phi) is 3.78. The third-order valence-corrected chi connectivity index (χ3v) is 4.41. The highest BCUT2D eigenvalue weighted by Gasteiger charge is 2.12. The molecule has 24 heavy (non-hydrogen) atoms. The lowest BCUT2D eigenvalue weighted by Gasteiger charge is -2.13. The van der Waals surface area contributed by atoms with Crippen LogP contribution < -0.4 is 4.74 Å². The maximum atomic E-state index is 5.50. The molecule has 2 aromatic heterocycles. The van der Waals surface area contributed by atoms with Crippen molar-refractivity contribution in [2.24, 2.45) is 0 Å². The van der Waals surface area contributed by atoms with Crippen LogP contribution in [-0.4, -0.2) is 21.6 Å². The largest absolute Gasteiger partial charge is 0.496 e. The Balaban J connectivity index is 2.04. The van der Waals surface area contributed by atoms with Crippen LogP contribution in [0.2, 0.25) is 0 Å². The van der Waals surface area contributed by atoms with Crippen LogP contribution in [0.3, 0.4) is 0 Å². The van der Waals surface area contributed by atoms with Crippen LogP contribution in [-0.2, 0) is 0 Å². The lowest BCUT2D eigenvalue weighted by Crippen LogP contribution is -1.97. The smallest absolute Gasteiger partial charge is 0.128 e. The Labute approximate surface area is 147 Å². The number of rotatable bonds is 3. The van der Waals surface area contributed by atoms with Crippen LogP contribution in [0.25, 0.3) is 27.8 Å². The SMILES string of the molecule is COc1ccccc1-c1cc(-n2ccnc2)c2ccc(Br)cc2n1. The maximum Gasteiger partial charge on any atom is 0.128 e. The van der Waals surface area contributed by atoms with Gasteiger partial charge in [-0.1, -0.05) is 28.1 Å². The summed E-state index contributed by atoms with van der Waals surface area (Å²) in [6.45, 7) is 0. The van der Waals surface area contributed by atoms with Crippen molar-refractivity contribution < 1.29 is 4.74 Å². The number of hydrogen-bond acceptors (Lipinski definition) is 3.